The normalized spacial score (nSPS) is 14.5. The SMILES string of the molecule is C/C=C/C=C(C)/C=C/C=C(C)/C=C/C=C(\C)CCC=C(C)C. The summed E-state index contributed by atoms with van der Waals surface area (Å²) in [6.07, 6.45) is 23.6. The second-order valence-electron chi connectivity index (χ2n) is 5.90. The van der Waals surface area contributed by atoms with E-state index in [-0.39, 0.29) is 0 Å². The molecule has 0 unspecified atom stereocenters. The van der Waals surface area contributed by atoms with Crippen molar-refractivity contribution in [2.24, 2.45) is 0 Å². The highest BCUT2D eigenvalue weighted by molar-refractivity contribution is 5.29. The molecule has 0 saturated heterocycles. The molecule has 0 aliphatic heterocycles. The van der Waals surface area contributed by atoms with Crippen molar-refractivity contribution in [1.82, 2.24) is 0 Å². The van der Waals surface area contributed by atoms with Crippen molar-refractivity contribution in [3.8, 4) is 0 Å². The van der Waals surface area contributed by atoms with Crippen LogP contribution in [0.25, 0.3) is 0 Å². The quantitative estimate of drug-likeness (QED) is 0.326. The van der Waals surface area contributed by atoms with Crippen LogP contribution in [0.4, 0.5) is 0 Å². The van der Waals surface area contributed by atoms with Crippen LogP contribution in [0.5, 0.6) is 0 Å². The molecule has 0 bridgehead atoms. The van der Waals surface area contributed by atoms with Crippen LogP contribution in [0.2, 0.25) is 0 Å². The molecule has 0 fully saturated rings. The average molecular weight is 296 g/mol. The maximum atomic E-state index is 2.29. The largest absolute Gasteiger partial charge is 0.0877 e. The van der Waals surface area contributed by atoms with Crippen molar-refractivity contribution >= 4 is 0 Å². The molecule has 0 aliphatic carbocycles. The van der Waals surface area contributed by atoms with E-state index in [0.29, 0.717) is 0 Å². The zero-order chi connectivity index (χ0) is 16.8. The summed E-state index contributed by atoms with van der Waals surface area (Å²) in [4.78, 5) is 0. The van der Waals surface area contributed by atoms with Gasteiger partial charge >= 0.3 is 0 Å². The monoisotopic (exact) mass is 296 g/mol. The highest BCUT2D eigenvalue weighted by Gasteiger charge is 1.87. The van der Waals surface area contributed by atoms with E-state index in [9.17, 15) is 0 Å². The Morgan fingerprint density at radius 3 is 1.82 bits per heavy atom. The van der Waals surface area contributed by atoms with Gasteiger partial charge in [0.05, 0.1) is 0 Å². The summed E-state index contributed by atoms with van der Waals surface area (Å²) in [5.74, 6) is 0. The van der Waals surface area contributed by atoms with Crippen molar-refractivity contribution in [1.29, 1.82) is 0 Å². The highest BCUT2D eigenvalue weighted by atomic mass is 13.9. The van der Waals surface area contributed by atoms with Crippen LogP contribution in [0.3, 0.4) is 0 Å². The van der Waals surface area contributed by atoms with E-state index in [1.54, 1.807) is 0 Å². The Morgan fingerprint density at radius 1 is 0.727 bits per heavy atom. The smallest absolute Gasteiger partial charge is 0.0285 e. The first-order valence-electron chi connectivity index (χ1n) is 8.07. The van der Waals surface area contributed by atoms with Crippen LogP contribution in [-0.4, -0.2) is 0 Å². The summed E-state index contributed by atoms with van der Waals surface area (Å²) in [6, 6.07) is 0. The molecule has 0 heteroatoms. The van der Waals surface area contributed by atoms with Gasteiger partial charge in [0.2, 0.25) is 0 Å². The number of allylic oxidation sites excluding steroid dienone is 14. The summed E-state index contributed by atoms with van der Waals surface area (Å²) in [7, 11) is 0. The van der Waals surface area contributed by atoms with Crippen LogP contribution < -0.4 is 0 Å². The molecule has 0 saturated carbocycles. The van der Waals surface area contributed by atoms with Crippen molar-refractivity contribution < 1.29 is 0 Å². The van der Waals surface area contributed by atoms with E-state index >= 15 is 0 Å². The number of hydrogen-bond donors (Lipinski definition) is 0. The minimum absolute atomic E-state index is 1.13. The molecule has 22 heavy (non-hydrogen) atoms. The Bertz CT molecular complexity index is 510. The molecule has 0 aliphatic rings. The van der Waals surface area contributed by atoms with E-state index < -0.39 is 0 Å². The van der Waals surface area contributed by atoms with E-state index in [2.05, 4.69) is 89.3 Å². The average Bonchev–Trinajstić information content (AvgIpc) is 2.44. The molecule has 0 radical (unpaired) electrons. The van der Waals surface area contributed by atoms with Gasteiger partial charge < -0.3 is 0 Å². The maximum absolute atomic E-state index is 2.29. The molecule has 0 aromatic rings. The highest BCUT2D eigenvalue weighted by Crippen LogP contribution is 2.07. The molecule has 0 atom stereocenters. The van der Waals surface area contributed by atoms with Crippen LogP contribution in [0, 0.1) is 0 Å². The van der Waals surface area contributed by atoms with Gasteiger partial charge in [-0.25, -0.2) is 0 Å². The first kappa shape index (κ1) is 20.2. The lowest BCUT2D eigenvalue weighted by molar-refractivity contribution is 0.967. The summed E-state index contributed by atoms with van der Waals surface area (Å²) in [5.41, 5.74) is 5.32. The van der Waals surface area contributed by atoms with E-state index in [1.165, 1.54) is 22.3 Å². The summed E-state index contributed by atoms with van der Waals surface area (Å²) >= 11 is 0. The first-order valence-corrected chi connectivity index (χ1v) is 8.07. The summed E-state index contributed by atoms with van der Waals surface area (Å²) in [5, 5.41) is 0. The molecule has 0 spiro atoms. The Kier molecular flexibility index (Phi) is 11.8. The van der Waals surface area contributed by atoms with Crippen LogP contribution in [0.15, 0.2) is 83.1 Å². The predicted octanol–water partition coefficient (Wildman–Crippen LogP) is 7.26. The minimum atomic E-state index is 1.13. The molecule has 0 aromatic carbocycles. The second-order valence-corrected chi connectivity index (χ2v) is 5.90. The fraction of sp³-hybridized carbons (Fsp3) is 0.364. The van der Waals surface area contributed by atoms with E-state index in [0.717, 1.165) is 12.8 Å². The van der Waals surface area contributed by atoms with Gasteiger partial charge in [0.1, 0.15) is 0 Å². The standard InChI is InChI=1S/C22H32/c1-7-8-13-20(4)15-10-17-22(6)18-11-16-21(5)14-9-12-19(2)3/h7-8,10-13,15-18H,9,14H2,1-6H3/b8-7+,15-10+,18-11+,20-13+,21-16+,22-17+. The summed E-state index contributed by atoms with van der Waals surface area (Å²) < 4.78 is 0. The molecule has 0 N–H and O–H groups in total. The molecule has 0 aromatic heterocycles. The Labute approximate surface area is 138 Å². The number of hydrogen-bond acceptors (Lipinski definition) is 0. The molecule has 0 nitrogen and oxygen atoms in total. The van der Waals surface area contributed by atoms with Gasteiger partial charge in [0.15, 0.2) is 0 Å². The molecule has 0 heterocycles. The minimum Gasteiger partial charge on any atom is -0.0877 e. The lowest BCUT2D eigenvalue weighted by Crippen LogP contribution is -1.76. The fourth-order valence-corrected chi connectivity index (χ4v) is 1.75. The third-order valence-electron chi connectivity index (χ3n) is 3.10. The second kappa shape index (κ2) is 12.9. The topological polar surface area (TPSA) is 0 Å². The lowest BCUT2D eigenvalue weighted by Gasteiger charge is -1.96. The van der Waals surface area contributed by atoms with Gasteiger partial charge in [-0.05, 0) is 54.4 Å². The first-order chi connectivity index (χ1) is 10.5. The third kappa shape index (κ3) is 13.2. The van der Waals surface area contributed by atoms with Gasteiger partial charge in [0.25, 0.3) is 0 Å². The van der Waals surface area contributed by atoms with Crippen LogP contribution >= 0.6 is 0 Å². The molecule has 0 amide bonds. The number of rotatable bonds is 8. The van der Waals surface area contributed by atoms with Crippen molar-refractivity contribution in [3.63, 3.8) is 0 Å². The third-order valence-corrected chi connectivity index (χ3v) is 3.10. The predicted molar refractivity (Wildman–Crippen MR) is 103 cm³/mol. The van der Waals surface area contributed by atoms with Crippen molar-refractivity contribution in [2.45, 2.75) is 54.4 Å². The van der Waals surface area contributed by atoms with Gasteiger partial charge in [-0.3, -0.25) is 0 Å². The Morgan fingerprint density at radius 2 is 1.27 bits per heavy atom. The van der Waals surface area contributed by atoms with Crippen molar-refractivity contribution in [2.75, 3.05) is 0 Å². The maximum Gasteiger partial charge on any atom is -0.0285 e. The van der Waals surface area contributed by atoms with Gasteiger partial charge in [0, 0.05) is 0 Å². The van der Waals surface area contributed by atoms with Gasteiger partial charge in [-0.1, -0.05) is 83.1 Å². The van der Waals surface area contributed by atoms with E-state index in [4.69, 9.17) is 0 Å². The van der Waals surface area contributed by atoms with E-state index in [1.807, 2.05) is 13.0 Å². The molecule has 0 rings (SSSR count). The summed E-state index contributed by atoms with van der Waals surface area (Å²) in [6.45, 7) is 12.7. The molecule has 120 valence electrons. The van der Waals surface area contributed by atoms with Crippen LogP contribution in [-0.2, 0) is 0 Å². The Hall–Kier alpha value is -1.82. The van der Waals surface area contributed by atoms with Crippen molar-refractivity contribution in [3.05, 3.63) is 83.1 Å². The fourth-order valence-electron chi connectivity index (χ4n) is 1.75. The Balaban J connectivity index is 4.39. The van der Waals surface area contributed by atoms with Gasteiger partial charge in [-0.2, -0.15) is 0 Å². The molecular weight excluding hydrogens is 264 g/mol. The lowest BCUT2D eigenvalue weighted by atomic mass is 10.1. The molecular formula is C22H32. The van der Waals surface area contributed by atoms with Gasteiger partial charge in [-0.15, -0.1) is 0 Å². The van der Waals surface area contributed by atoms with Crippen LogP contribution in [0.1, 0.15) is 54.4 Å². The zero-order valence-electron chi connectivity index (χ0n) is 15.2. The zero-order valence-corrected chi connectivity index (χ0v) is 15.2.